The first-order chi connectivity index (χ1) is 6.72. The van der Waals surface area contributed by atoms with Crippen LogP contribution in [-0.2, 0) is 6.04 Å². The minimum Gasteiger partial charge on any atom is -0.0843 e. The topological polar surface area (TPSA) is 0 Å². The fourth-order valence-corrected chi connectivity index (χ4v) is 5.49. The van der Waals surface area contributed by atoms with Gasteiger partial charge in [0, 0.05) is 20.2 Å². The van der Waals surface area contributed by atoms with Crippen molar-refractivity contribution in [2.75, 3.05) is 0 Å². The lowest BCUT2D eigenvalue weighted by Crippen LogP contribution is -2.54. The Labute approximate surface area is 100 Å². The molecule has 0 saturated heterocycles. The third-order valence-electron chi connectivity index (χ3n) is 3.59. The lowest BCUT2D eigenvalue weighted by Gasteiger charge is -2.35. The maximum absolute atomic E-state index is 5.89. The van der Waals surface area contributed by atoms with E-state index in [2.05, 4.69) is 44.9 Å². The van der Waals surface area contributed by atoms with Crippen LogP contribution in [0.1, 0.15) is 5.56 Å². The Kier molecular flexibility index (Phi) is 3.85. The number of hydrogen-bond donors (Lipinski definition) is 0. The van der Waals surface area contributed by atoms with Crippen LogP contribution in [0.3, 0.4) is 0 Å². The van der Waals surface area contributed by atoms with Gasteiger partial charge in [-0.1, -0.05) is 62.0 Å². The zero-order valence-electron chi connectivity index (χ0n) is 10.4. The number of hydrogen-bond acceptors (Lipinski definition) is 0. The van der Waals surface area contributed by atoms with Crippen LogP contribution >= 0.6 is 11.6 Å². The Morgan fingerprint density at radius 2 is 1.40 bits per heavy atom. The minimum absolute atomic E-state index is 0.839. The molecule has 15 heavy (non-hydrogen) atoms. The normalized spacial score (nSPS) is 12.9. The largest absolute Gasteiger partial charge is 0.0843 e. The number of rotatable bonds is 3. The van der Waals surface area contributed by atoms with E-state index in [1.807, 2.05) is 12.1 Å². The fraction of sp³-hybridized carbons (Fsp3) is 0.500. The van der Waals surface area contributed by atoms with Gasteiger partial charge in [-0.2, -0.15) is 0 Å². The van der Waals surface area contributed by atoms with Crippen LogP contribution in [0, 0.1) is 0 Å². The molecule has 0 unspecified atom stereocenters. The van der Waals surface area contributed by atoms with Gasteiger partial charge in [-0.25, -0.2) is 0 Å². The average molecular weight is 257 g/mol. The van der Waals surface area contributed by atoms with Crippen molar-refractivity contribution in [2.24, 2.45) is 0 Å². The van der Waals surface area contributed by atoms with Gasteiger partial charge in [0.05, 0.1) is 0 Å². The van der Waals surface area contributed by atoms with E-state index in [9.17, 15) is 0 Å². The van der Waals surface area contributed by atoms with Gasteiger partial charge in [-0.05, 0) is 18.2 Å². The Hall–Kier alpha value is -0.0562. The molecule has 0 fully saturated rings. The van der Waals surface area contributed by atoms with Crippen LogP contribution in [0.25, 0.3) is 0 Å². The molecule has 0 N–H and O–H groups in total. The smallest absolute Gasteiger partial charge is 0.0454 e. The van der Waals surface area contributed by atoms with Crippen molar-refractivity contribution in [3.05, 3.63) is 34.9 Å². The lowest BCUT2D eigenvalue weighted by atomic mass is 10.2. The van der Waals surface area contributed by atoms with E-state index in [4.69, 9.17) is 11.6 Å². The summed E-state index contributed by atoms with van der Waals surface area (Å²) in [4.78, 5) is 0. The quantitative estimate of drug-likeness (QED) is 0.697. The monoisotopic (exact) mass is 256 g/mol. The second kappa shape index (κ2) is 4.44. The summed E-state index contributed by atoms with van der Waals surface area (Å²) >= 11 is 5.89. The molecular formula is C12H21ClSi2. The van der Waals surface area contributed by atoms with Crippen molar-refractivity contribution >= 4 is 26.8 Å². The SMILES string of the molecule is C[Si](C)(C)[Si](C)(C)Cc1ccc(Cl)cc1. The molecule has 0 bridgehead atoms. The molecule has 0 radical (unpaired) electrons. The second-order valence-corrected chi connectivity index (χ2v) is 23.6. The summed E-state index contributed by atoms with van der Waals surface area (Å²) in [5, 5.41) is 0.839. The van der Waals surface area contributed by atoms with Gasteiger partial charge in [-0.3, -0.25) is 0 Å². The highest BCUT2D eigenvalue weighted by molar-refractivity contribution is 7.40. The van der Waals surface area contributed by atoms with Crippen molar-refractivity contribution in [2.45, 2.75) is 38.8 Å². The molecule has 0 aliphatic rings. The summed E-state index contributed by atoms with van der Waals surface area (Å²) in [7, 11) is -2.04. The summed E-state index contributed by atoms with van der Waals surface area (Å²) in [6.07, 6.45) is 0. The van der Waals surface area contributed by atoms with E-state index in [1.165, 1.54) is 11.6 Å². The third-order valence-corrected chi connectivity index (χ3v) is 21.9. The predicted octanol–water partition coefficient (Wildman–Crippen LogP) is 4.55. The van der Waals surface area contributed by atoms with Crippen LogP contribution in [0.15, 0.2) is 24.3 Å². The Balaban J connectivity index is 2.82. The molecule has 0 atom stereocenters. The Bertz CT molecular complexity index is 322. The second-order valence-electron chi connectivity index (χ2n) is 5.94. The molecule has 1 aromatic carbocycles. The lowest BCUT2D eigenvalue weighted by molar-refractivity contribution is 1.33. The molecule has 1 rings (SSSR count). The molecule has 84 valence electrons. The van der Waals surface area contributed by atoms with Crippen molar-refractivity contribution < 1.29 is 0 Å². The van der Waals surface area contributed by atoms with Crippen molar-refractivity contribution in [1.29, 1.82) is 0 Å². The number of benzene rings is 1. The van der Waals surface area contributed by atoms with E-state index >= 15 is 0 Å². The summed E-state index contributed by atoms with van der Waals surface area (Å²) in [6, 6.07) is 9.66. The maximum atomic E-state index is 5.89. The Morgan fingerprint density at radius 1 is 0.933 bits per heavy atom. The predicted molar refractivity (Wildman–Crippen MR) is 76.0 cm³/mol. The molecule has 0 heterocycles. The first kappa shape index (κ1) is 13.0. The zero-order valence-corrected chi connectivity index (χ0v) is 13.2. The molecule has 1 aromatic rings. The van der Waals surface area contributed by atoms with Gasteiger partial charge in [0.1, 0.15) is 0 Å². The van der Waals surface area contributed by atoms with Crippen LogP contribution in [0.4, 0.5) is 0 Å². The fourth-order valence-electron chi connectivity index (χ4n) is 1.38. The maximum Gasteiger partial charge on any atom is 0.0454 e. The Morgan fingerprint density at radius 3 is 1.80 bits per heavy atom. The zero-order chi connectivity index (χ0) is 11.7. The summed E-state index contributed by atoms with van der Waals surface area (Å²) in [6.45, 7) is 12.5. The van der Waals surface area contributed by atoms with Gasteiger partial charge < -0.3 is 0 Å². The van der Waals surface area contributed by atoms with Crippen molar-refractivity contribution in [1.82, 2.24) is 0 Å². The molecular weight excluding hydrogens is 236 g/mol. The van der Waals surface area contributed by atoms with Crippen LogP contribution in [0.5, 0.6) is 0 Å². The molecule has 0 amide bonds. The van der Waals surface area contributed by atoms with Gasteiger partial charge in [0.15, 0.2) is 0 Å². The molecule has 0 aliphatic heterocycles. The van der Waals surface area contributed by atoms with E-state index < -0.39 is 15.2 Å². The highest BCUT2D eigenvalue weighted by Gasteiger charge is 2.36. The first-order valence-corrected chi connectivity index (χ1v) is 13.6. The summed E-state index contributed by atoms with van der Waals surface area (Å²) in [5.74, 6) is 0. The first-order valence-electron chi connectivity index (χ1n) is 5.47. The molecule has 0 aliphatic carbocycles. The number of halogens is 1. The van der Waals surface area contributed by atoms with E-state index in [1.54, 1.807) is 0 Å². The third kappa shape index (κ3) is 3.47. The van der Waals surface area contributed by atoms with Crippen LogP contribution in [-0.4, -0.2) is 15.2 Å². The molecule has 0 aromatic heterocycles. The van der Waals surface area contributed by atoms with Crippen LogP contribution in [0.2, 0.25) is 37.8 Å². The highest BCUT2D eigenvalue weighted by atomic mass is 35.5. The van der Waals surface area contributed by atoms with E-state index in [0.29, 0.717) is 0 Å². The van der Waals surface area contributed by atoms with Crippen LogP contribution < -0.4 is 0 Å². The highest BCUT2D eigenvalue weighted by Crippen LogP contribution is 2.23. The molecule has 0 saturated carbocycles. The van der Waals surface area contributed by atoms with E-state index in [0.717, 1.165) is 5.02 Å². The molecule has 0 nitrogen and oxygen atoms in total. The summed E-state index contributed by atoms with van der Waals surface area (Å²) < 4.78 is 0. The van der Waals surface area contributed by atoms with E-state index in [-0.39, 0.29) is 0 Å². The van der Waals surface area contributed by atoms with Crippen molar-refractivity contribution in [3.63, 3.8) is 0 Å². The summed E-state index contributed by atoms with van der Waals surface area (Å²) in [5.41, 5.74) is 1.46. The molecule has 0 spiro atoms. The standard InChI is InChI=1S/C12H21ClSi2/c1-14(2,3)15(4,5)10-11-6-8-12(13)9-7-11/h6-9H,10H2,1-5H3. The van der Waals surface area contributed by atoms with Crippen molar-refractivity contribution in [3.8, 4) is 0 Å². The average Bonchev–Trinajstić information content (AvgIpc) is 2.06. The van der Waals surface area contributed by atoms with Gasteiger partial charge in [-0.15, -0.1) is 0 Å². The minimum atomic E-state index is -1.07. The van der Waals surface area contributed by atoms with Gasteiger partial charge in [0.25, 0.3) is 0 Å². The van der Waals surface area contributed by atoms with Gasteiger partial charge in [0.2, 0.25) is 0 Å². The molecule has 3 heteroatoms. The van der Waals surface area contributed by atoms with Gasteiger partial charge >= 0.3 is 0 Å².